The number of epoxide rings is 1. The molecule has 0 saturated carbocycles. The van der Waals surface area contributed by atoms with Crippen LogP contribution in [0.5, 0.6) is 149 Å². The molecule has 10 aromatic rings. The first-order valence-corrected chi connectivity index (χ1v) is 39.9. The first-order chi connectivity index (χ1) is 64.1. The number of ketones is 2. The molecule has 1 saturated heterocycles. The van der Waals surface area contributed by atoms with Crippen LogP contribution in [-0.4, -0.2) is 254 Å². The molecule has 6 aliphatic rings. The second-order valence-corrected chi connectivity index (χ2v) is 30.1. The van der Waals surface area contributed by atoms with Crippen LogP contribution >= 0.6 is 24.0 Å². The predicted molar refractivity (Wildman–Crippen MR) is 483 cm³/mol. The second kappa shape index (κ2) is 51.8. The quantitative estimate of drug-likeness (QED) is 0.00356. The Bertz CT molecular complexity index is 5710. The molecule has 0 aromatic heterocycles. The van der Waals surface area contributed by atoms with E-state index in [2.05, 4.69) is 4.89 Å². The van der Waals surface area contributed by atoms with Gasteiger partial charge in [-0.1, -0.05) is 19.6 Å². The molecule has 43 nitrogen and oxygen atoms in total. The number of methoxy groups -OCH3 is 6. The van der Waals surface area contributed by atoms with Crippen LogP contribution in [0, 0.1) is 13.8 Å². The molecule has 48 heteroatoms. The van der Waals surface area contributed by atoms with E-state index >= 15 is 0 Å². The third-order valence-electron chi connectivity index (χ3n) is 21.5. The molecule has 14 atom stereocenters. The van der Waals surface area contributed by atoms with Gasteiger partial charge in [0.1, 0.15) is 53.5 Å². The summed E-state index contributed by atoms with van der Waals surface area (Å²) >= 11 is 0. The van der Waals surface area contributed by atoms with Crippen molar-refractivity contribution < 1.29 is 289 Å². The molecule has 0 aliphatic carbocycles. The van der Waals surface area contributed by atoms with E-state index in [9.17, 15) is 112 Å². The van der Waals surface area contributed by atoms with Crippen LogP contribution in [0.15, 0.2) is 133 Å². The molecular weight excluding hydrogens is 2170 g/mol. The van der Waals surface area contributed by atoms with Gasteiger partial charge in [0.05, 0.1) is 38.6 Å². The van der Waals surface area contributed by atoms with Crippen LogP contribution in [0.25, 0.3) is 0 Å². The molecule has 0 amide bonds. The molecule has 0 spiro atoms. The van der Waals surface area contributed by atoms with E-state index in [-0.39, 0.29) is 258 Å². The zero-order chi connectivity index (χ0) is 97.1. The number of Topliss-reactive ketones (excluding diaryl/α,β-unsaturated/α-hetero) is 2. The molecule has 0 bridgehead atoms. The van der Waals surface area contributed by atoms with Crippen LogP contribution in [0.4, 0.5) is 0 Å². The number of hydrogen-bond donors (Lipinski definition) is 21. The minimum Gasteiger partial charge on any atom is -1.00 e. The van der Waals surface area contributed by atoms with Crippen LogP contribution in [0.3, 0.4) is 0 Å². The van der Waals surface area contributed by atoms with Gasteiger partial charge in [-0.15, -0.1) is 24.0 Å². The summed E-state index contributed by atoms with van der Waals surface area (Å²) in [5, 5.41) is 207. The van der Waals surface area contributed by atoms with Crippen molar-refractivity contribution in [3.8, 4) is 149 Å². The number of aromatic hydroxyl groups is 13. The number of phenols is 13. The fourth-order valence-electron chi connectivity index (χ4n) is 14.6. The van der Waals surface area contributed by atoms with Crippen molar-refractivity contribution in [1.82, 2.24) is 0 Å². The number of benzene rings is 10. The number of phenolic OH excluding ortho intramolecular Hbond substituents is 13. The number of rotatable bonds is 25. The smallest absolute Gasteiger partial charge is 1.00 e. The maximum atomic E-state index is 13.4. The third-order valence-corrected chi connectivity index (χ3v) is 21.5. The summed E-state index contributed by atoms with van der Waals surface area (Å²) in [5.74, 6) is -4.87. The van der Waals surface area contributed by atoms with E-state index in [0.29, 0.717) is 45.3 Å². The van der Waals surface area contributed by atoms with E-state index in [1.807, 2.05) is 26.0 Å². The van der Waals surface area contributed by atoms with Crippen LogP contribution < -0.4 is 91.1 Å². The van der Waals surface area contributed by atoms with Crippen molar-refractivity contribution in [2.75, 3.05) is 83.0 Å². The van der Waals surface area contributed by atoms with Crippen molar-refractivity contribution in [2.24, 2.45) is 0 Å². The SMILES string of the molecule is C.COCOc1cc(C)c(C)cc1C(=O)C1OC1c1cc(OCOC)c(OCOC)c(OCOC)c1.COc1cc(C2Oc3cc(C4Oc5cc(O)c(O)cc5C(O)C4O)cc(O)c3OC2CO)ccc1O.COc1cc(C2Oc3cc(C4Oc5cc(O)c(O)cc5C(O)C4O)cc(O)c3OC2CO)ccc1O.I.O=C1c2cc(O)c(O)cc2OC(c2cc(O)c(O)c(O)c2)C1O.O=[C-]OO.[Ag+].[Ag].[B].[H-].[HH].[Na+]. The van der Waals surface area contributed by atoms with Crippen molar-refractivity contribution in [1.29, 1.82) is 0 Å². The third kappa shape index (κ3) is 25.9. The Balaban J connectivity index is 0.000000386. The van der Waals surface area contributed by atoms with E-state index < -0.39 is 156 Å². The van der Waals surface area contributed by atoms with Gasteiger partial charge in [-0.3, -0.25) is 9.59 Å². The fraction of sp³-hybridized carbons (Fsp3) is 0.315. The molecule has 6 aliphatic heterocycles. The Morgan fingerprint density at radius 3 is 1.18 bits per heavy atom. The Morgan fingerprint density at radius 2 is 0.764 bits per heavy atom. The minimum atomic E-state index is -1.67. The van der Waals surface area contributed by atoms with Crippen molar-refractivity contribution in [3.05, 3.63) is 200 Å². The number of aliphatic hydroxyl groups is 7. The molecule has 760 valence electrons. The van der Waals surface area contributed by atoms with Gasteiger partial charge in [0.25, 0.3) is 0 Å². The van der Waals surface area contributed by atoms with Gasteiger partial charge in [0, 0.05) is 118 Å². The van der Waals surface area contributed by atoms with Gasteiger partial charge in [0.2, 0.25) is 17.2 Å². The van der Waals surface area contributed by atoms with Gasteiger partial charge in [-0.2, -0.15) is 0 Å². The number of aliphatic hydroxyl groups excluding tert-OH is 7. The Hall–Kier alpha value is -11.4. The summed E-state index contributed by atoms with van der Waals surface area (Å²) in [6.07, 6.45) is -15.9. The van der Waals surface area contributed by atoms with E-state index in [4.69, 9.17) is 95.3 Å². The van der Waals surface area contributed by atoms with Gasteiger partial charge in [-0.05, 0) is 140 Å². The molecule has 14 unspecified atom stereocenters. The topological polar surface area (TPSA) is 655 Å². The molecule has 10 aromatic carbocycles. The average Bonchev–Trinajstić information content (AvgIpc) is 1.31. The van der Waals surface area contributed by atoms with E-state index in [1.165, 1.54) is 91.2 Å². The van der Waals surface area contributed by atoms with Crippen molar-refractivity contribution in [3.63, 3.8) is 0 Å². The molecule has 140 heavy (non-hydrogen) atoms. The minimum absolute atomic E-state index is 0. The van der Waals surface area contributed by atoms with Crippen molar-refractivity contribution in [2.45, 2.75) is 107 Å². The number of carbonyl (C=O) groups is 2. The summed E-state index contributed by atoms with van der Waals surface area (Å²) in [6, 6.07) is 30.1. The standard InChI is InChI=1S/2C25H24O11.C25H32O10.C15H12O8.CHO3.CH4.2Ag.B.HI.Na.H2.H/c2*1-33-18-5-10(2-3-13(18)27)23-20(9-26)36-25-16(30)4-11(6-19(25)35-23)24-22(32)21(31)12-7-14(28)15(29)8-17(12)34-24;1-15-7-18(19(8-16(15)2)31-11-27-3)22(26)25-23(35-25)17-9-20(32-12-28-4)24(34-14-30-6)21(10-17)33-13-29-5;16-7-3-6-11(4-8(7)17)23-15(14(22)12(6)20)5-1-9(18)13(21)10(19)2-5;2-1-4-3;;;;;;;;/h2*2-8,20-24,26-32H,9H2,1H3;7-10,23,25H,11-14H2,1-6H3;1-4,14-19,21-22H;3H;1H4;;;;1H;;1H;/q;;;;-1;;;+1;;;+1;;-1. The summed E-state index contributed by atoms with van der Waals surface area (Å²) in [5.41, 5.74) is 4.68. The molecule has 16 rings (SSSR count). The normalized spacial score (nSPS) is 20.2. The number of aryl methyl sites for hydroxylation is 2. The maximum absolute atomic E-state index is 13.4. The number of hydrogen-bond acceptors (Lipinski definition) is 43. The Labute approximate surface area is 872 Å². The van der Waals surface area contributed by atoms with E-state index in [0.717, 1.165) is 66.1 Å². The predicted octanol–water partition coefficient (Wildman–Crippen LogP) is 6.06. The molecule has 21 N–H and O–H groups in total. The number of halogens is 1. The first kappa shape index (κ1) is 117. The average molecular weight is 2270 g/mol. The summed E-state index contributed by atoms with van der Waals surface area (Å²) < 4.78 is 99.8. The van der Waals surface area contributed by atoms with Gasteiger partial charge < -0.3 is 199 Å². The maximum Gasteiger partial charge on any atom is 1.00 e. The van der Waals surface area contributed by atoms with Gasteiger partial charge in [-0.25, -0.2) is 5.26 Å². The second-order valence-electron chi connectivity index (χ2n) is 30.1. The Kier molecular flexibility index (Phi) is 43.4. The zero-order valence-electron chi connectivity index (χ0n) is 75.5. The largest absolute Gasteiger partial charge is 1.00 e. The molecule has 6 heterocycles. The summed E-state index contributed by atoms with van der Waals surface area (Å²) in [7, 11) is 8.83. The molecular formula is C92H101Ag2BINaO43. The van der Waals surface area contributed by atoms with Crippen LogP contribution in [0.1, 0.15) is 135 Å². The van der Waals surface area contributed by atoms with E-state index in [1.54, 1.807) is 24.3 Å². The molecule has 1 fully saturated rings. The zero-order valence-corrected chi connectivity index (χ0v) is 81.8. The number of carbonyl (C=O) groups excluding carboxylic acids is 3. The number of fused-ring (bicyclic) bond motifs is 5. The molecule has 4 radical (unpaired) electrons. The first-order valence-electron chi connectivity index (χ1n) is 39.9. The fourth-order valence-corrected chi connectivity index (χ4v) is 14.6. The Morgan fingerprint density at radius 1 is 0.407 bits per heavy atom. The van der Waals surface area contributed by atoms with Gasteiger partial charge in [0.15, 0.2) is 203 Å². The van der Waals surface area contributed by atoms with Crippen LogP contribution in [0.2, 0.25) is 0 Å². The summed E-state index contributed by atoms with van der Waals surface area (Å²) in [6.45, 7) is 3.70. The van der Waals surface area contributed by atoms with Gasteiger partial charge >= 0.3 is 51.9 Å². The monoisotopic (exact) mass is 2270 g/mol. The van der Waals surface area contributed by atoms with Crippen molar-refractivity contribution >= 4 is 50.4 Å². The summed E-state index contributed by atoms with van der Waals surface area (Å²) in [4.78, 5) is 36.9. The number of ether oxygens (including phenoxy) is 18. The van der Waals surface area contributed by atoms with Crippen LogP contribution in [-0.2, 0) is 78.1 Å².